The minimum Gasteiger partial charge on any atom is -0.355 e. The third-order valence-corrected chi connectivity index (χ3v) is 2.71. The van der Waals surface area contributed by atoms with Crippen molar-refractivity contribution in [2.24, 2.45) is 5.92 Å². The maximum atomic E-state index is 13.3. The lowest BCUT2D eigenvalue weighted by Crippen LogP contribution is -2.26. The van der Waals surface area contributed by atoms with Crippen molar-refractivity contribution in [3.05, 3.63) is 29.3 Å². The van der Waals surface area contributed by atoms with Crippen LogP contribution in [0.25, 0.3) is 0 Å². The summed E-state index contributed by atoms with van der Waals surface area (Å²) in [6.45, 7) is 0.00566. The number of halogens is 4. The molecule has 1 atom stereocenters. The van der Waals surface area contributed by atoms with E-state index in [9.17, 15) is 27.2 Å². The Balaban J connectivity index is 2.24. The van der Waals surface area contributed by atoms with Gasteiger partial charge in [0.2, 0.25) is 11.8 Å². The molecule has 0 aliphatic carbocycles. The van der Waals surface area contributed by atoms with E-state index in [1.165, 1.54) is 0 Å². The number of amides is 2. The van der Waals surface area contributed by atoms with Crippen molar-refractivity contribution in [3.8, 4) is 0 Å². The van der Waals surface area contributed by atoms with Crippen molar-refractivity contribution in [2.75, 3.05) is 11.9 Å². The molecule has 102 valence electrons. The molecular weight excluding hydrogens is 268 g/mol. The highest BCUT2D eigenvalue weighted by Crippen LogP contribution is 2.25. The molecule has 1 fully saturated rings. The van der Waals surface area contributed by atoms with Crippen LogP contribution in [0, 0.1) is 29.2 Å². The number of nitrogens with one attached hydrogen (secondary N) is 2. The molecule has 1 unspecified atom stereocenters. The molecule has 2 N–H and O–H groups in total. The molecule has 0 aromatic heterocycles. The zero-order chi connectivity index (χ0) is 14.2. The Labute approximate surface area is 104 Å². The fraction of sp³-hybridized carbons (Fsp3) is 0.273. The Hall–Kier alpha value is -2.12. The topological polar surface area (TPSA) is 58.2 Å². The number of anilines is 1. The lowest BCUT2D eigenvalue weighted by molar-refractivity contribution is -0.123. The zero-order valence-corrected chi connectivity index (χ0v) is 9.40. The quantitative estimate of drug-likeness (QED) is 0.632. The van der Waals surface area contributed by atoms with Gasteiger partial charge in [-0.3, -0.25) is 9.59 Å². The summed E-state index contributed by atoms with van der Waals surface area (Å²) in [7, 11) is 0. The van der Waals surface area contributed by atoms with Gasteiger partial charge in [-0.15, -0.1) is 0 Å². The highest BCUT2D eigenvalue weighted by molar-refractivity contribution is 5.97. The van der Waals surface area contributed by atoms with Crippen molar-refractivity contribution in [1.29, 1.82) is 0 Å². The van der Waals surface area contributed by atoms with E-state index in [0.29, 0.717) is 0 Å². The maximum Gasteiger partial charge on any atom is 0.229 e. The number of hydrogen-bond donors (Lipinski definition) is 2. The lowest BCUT2D eigenvalue weighted by Gasteiger charge is -2.11. The van der Waals surface area contributed by atoms with Gasteiger partial charge in [0.05, 0.1) is 5.92 Å². The van der Waals surface area contributed by atoms with Crippen LogP contribution in [0.2, 0.25) is 0 Å². The van der Waals surface area contributed by atoms with Gasteiger partial charge in [0.25, 0.3) is 0 Å². The Kier molecular flexibility index (Phi) is 3.41. The van der Waals surface area contributed by atoms with Gasteiger partial charge in [-0.2, -0.15) is 0 Å². The number of hydrogen-bond acceptors (Lipinski definition) is 2. The van der Waals surface area contributed by atoms with Gasteiger partial charge in [-0.1, -0.05) is 0 Å². The van der Waals surface area contributed by atoms with Gasteiger partial charge in [-0.05, 0) is 0 Å². The van der Waals surface area contributed by atoms with Crippen LogP contribution in [-0.4, -0.2) is 18.4 Å². The zero-order valence-electron chi connectivity index (χ0n) is 9.40. The standard InChI is InChI=1S/C11H8F4N2O2/c12-5-2-6(13)9(15)10(8(5)14)17-11(19)4-1-7(18)16-3-4/h2,4H,1,3H2,(H,16,18)(H,17,19). The van der Waals surface area contributed by atoms with Crippen molar-refractivity contribution in [1.82, 2.24) is 5.32 Å². The maximum absolute atomic E-state index is 13.3. The third kappa shape index (κ3) is 2.51. The molecule has 19 heavy (non-hydrogen) atoms. The van der Waals surface area contributed by atoms with Crippen molar-refractivity contribution >= 4 is 17.5 Å². The average Bonchev–Trinajstić information content (AvgIpc) is 2.79. The van der Waals surface area contributed by atoms with E-state index >= 15 is 0 Å². The molecule has 0 radical (unpaired) electrons. The molecule has 1 aromatic rings. The van der Waals surface area contributed by atoms with Crippen molar-refractivity contribution in [3.63, 3.8) is 0 Å². The molecule has 1 aromatic carbocycles. The smallest absolute Gasteiger partial charge is 0.229 e. The molecule has 1 aliphatic heterocycles. The summed E-state index contributed by atoms with van der Waals surface area (Å²) in [6.07, 6.45) is -0.146. The molecule has 0 bridgehead atoms. The van der Waals surface area contributed by atoms with Crippen LogP contribution in [0.3, 0.4) is 0 Å². The summed E-state index contributed by atoms with van der Waals surface area (Å²) in [5.41, 5.74) is -1.19. The van der Waals surface area contributed by atoms with E-state index in [1.54, 1.807) is 5.32 Å². The first-order valence-corrected chi connectivity index (χ1v) is 5.30. The van der Waals surface area contributed by atoms with Crippen LogP contribution in [0.5, 0.6) is 0 Å². The Morgan fingerprint density at radius 1 is 1.21 bits per heavy atom. The SMILES string of the molecule is O=C1CC(C(=O)Nc2c(F)c(F)cc(F)c2F)CN1. The number of benzene rings is 1. The van der Waals surface area contributed by atoms with Crippen LogP contribution in [0.1, 0.15) is 6.42 Å². The second-order valence-electron chi connectivity index (χ2n) is 4.04. The molecule has 1 aliphatic rings. The molecule has 8 heteroatoms. The number of carbonyl (C=O) groups is 2. The largest absolute Gasteiger partial charge is 0.355 e. The molecule has 0 saturated carbocycles. The molecule has 2 rings (SSSR count). The van der Waals surface area contributed by atoms with Crippen LogP contribution < -0.4 is 10.6 Å². The van der Waals surface area contributed by atoms with Crippen LogP contribution >= 0.6 is 0 Å². The van der Waals surface area contributed by atoms with Crippen LogP contribution in [0.4, 0.5) is 23.2 Å². The fourth-order valence-electron chi connectivity index (χ4n) is 1.70. The molecule has 4 nitrogen and oxygen atoms in total. The van der Waals surface area contributed by atoms with E-state index in [4.69, 9.17) is 0 Å². The first-order chi connectivity index (χ1) is 8.90. The molecule has 2 amide bonds. The van der Waals surface area contributed by atoms with E-state index in [0.717, 1.165) is 0 Å². The molecule has 0 spiro atoms. The van der Waals surface area contributed by atoms with Gasteiger partial charge < -0.3 is 10.6 Å². The highest BCUT2D eigenvalue weighted by atomic mass is 19.2. The molecule has 1 saturated heterocycles. The van der Waals surface area contributed by atoms with Gasteiger partial charge >= 0.3 is 0 Å². The van der Waals surface area contributed by atoms with Gasteiger partial charge in [0, 0.05) is 19.0 Å². The third-order valence-electron chi connectivity index (χ3n) is 2.71. The minimum absolute atomic E-state index is 0.00566. The predicted octanol–water partition coefficient (Wildman–Crippen LogP) is 1.32. The van der Waals surface area contributed by atoms with E-state index < -0.39 is 40.8 Å². The van der Waals surface area contributed by atoms with Crippen LogP contribution in [0.15, 0.2) is 6.07 Å². The number of rotatable bonds is 2. The van der Waals surface area contributed by atoms with E-state index in [1.807, 2.05) is 0 Å². The Bertz CT molecular complexity index is 536. The van der Waals surface area contributed by atoms with Crippen molar-refractivity contribution in [2.45, 2.75) is 6.42 Å². The Morgan fingerprint density at radius 2 is 1.79 bits per heavy atom. The normalized spacial score (nSPS) is 18.3. The van der Waals surface area contributed by atoms with Gasteiger partial charge in [0.15, 0.2) is 23.3 Å². The number of carbonyl (C=O) groups excluding carboxylic acids is 2. The lowest BCUT2D eigenvalue weighted by atomic mass is 10.1. The summed E-state index contributed by atoms with van der Waals surface area (Å²) < 4.78 is 52.4. The van der Waals surface area contributed by atoms with E-state index in [-0.39, 0.29) is 24.9 Å². The molecular formula is C11H8F4N2O2. The summed E-state index contributed by atoms with van der Waals surface area (Å²) in [4.78, 5) is 22.5. The fourth-order valence-corrected chi connectivity index (χ4v) is 1.70. The second kappa shape index (κ2) is 4.87. The minimum atomic E-state index is -1.69. The highest BCUT2D eigenvalue weighted by Gasteiger charge is 2.30. The predicted molar refractivity (Wildman–Crippen MR) is 56.0 cm³/mol. The summed E-state index contributed by atoms with van der Waals surface area (Å²) in [6, 6.07) is 0.0426. The van der Waals surface area contributed by atoms with E-state index in [2.05, 4.69) is 5.32 Å². The van der Waals surface area contributed by atoms with Crippen LogP contribution in [-0.2, 0) is 9.59 Å². The summed E-state index contributed by atoms with van der Waals surface area (Å²) >= 11 is 0. The summed E-state index contributed by atoms with van der Waals surface area (Å²) in [5, 5.41) is 4.11. The van der Waals surface area contributed by atoms with Gasteiger partial charge in [0.1, 0.15) is 5.69 Å². The second-order valence-corrected chi connectivity index (χ2v) is 4.04. The average molecular weight is 276 g/mol. The first-order valence-electron chi connectivity index (χ1n) is 5.30. The van der Waals surface area contributed by atoms with Gasteiger partial charge in [-0.25, -0.2) is 17.6 Å². The monoisotopic (exact) mass is 276 g/mol. The Morgan fingerprint density at radius 3 is 2.26 bits per heavy atom. The molecule has 1 heterocycles. The summed E-state index contributed by atoms with van der Waals surface area (Å²) in [5.74, 6) is -8.72. The first kappa shape index (κ1) is 13.3. The van der Waals surface area contributed by atoms with Crippen molar-refractivity contribution < 1.29 is 27.2 Å².